The molecular formula is C93H132N6. The van der Waals surface area contributed by atoms with E-state index in [1.165, 1.54) is 135 Å². The zero-order chi connectivity index (χ0) is 73.3. The van der Waals surface area contributed by atoms with Gasteiger partial charge in [0.2, 0.25) is 0 Å². The topological polar surface area (TPSA) is 19.4 Å². The molecule has 6 aromatic carbocycles. The smallest absolute Gasteiger partial charge is 0.0449 e. The lowest BCUT2D eigenvalue weighted by Gasteiger charge is -2.37. The van der Waals surface area contributed by atoms with Crippen molar-refractivity contribution in [2.45, 2.75) is 296 Å². The first kappa shape index (κ1) is 78.9. The Morgan fingerprint density at radius 1 is 0.232 bits per heavy atom. The molecule has 12 rings (SSSR count). The van der Waals surface area contributed by atoms with Crippen LogP contribution >= 0.6 is 0 Å². The Kier molecular flexibility index (Phi) is 27.3. The predicted octanol–water partition coefficient (Wildman–Crippen LogP) is 25.7. The van der Waals surface area contributed by atoms with Crippen LogP contribution in [0.4, 0.5) is 34.1 Å². The molecule has 0 saturated heterocycles. The number of hydrogen-bond donors (Lipinski definition) is 0. The number of allylic oxidation sites excluding steroid dienone is 6. The second-order valence-corrected chi connectivity index (χ2v) is 32.4. The van der Waals surface area contributed by atoms with Crippen LogP contribution in [0, 0.1) is 0 Å². The lowest BCUT2D eigenvalue weighted by molar-refractivity contribution is 0.686. The van der Waals surface area contributed by atoms with E-state index in [-0.39, 0.29) is 0 Å². The standard InChI is InChI=1S/3C16H23N.3C15H21N/c1-11(2)14-8-9-16-15(10-14)7-6-13(5)17(16)12(3)4;1-11(2)15-9-8-14-7-6-13(5)17(12(3)4)16(14)10-15;1-11(2)14-7-6-8-16-15(14)10-9-13(5)17(16)12(3)4;1-10(2)13-6-7-15-14(9-13)8-12(5)16(15)11(3)4;1-10(2)13-6-7-14-8-12(5)16(11(3)4)15(14)9-13;1-10(2)13-7-6-8-15-14(13)9-12(5)16(15)11(3)4/h2*8-12H,5-7H2,1-4H3;6-8,11-12H,5,9-10H2,1-4H3;2*6-7,9-11H,5,8H2,1-4H3;6-8,10-11H,5,9H2,1-4H3. The minimum Gasteiger partial charge on any atom is -0.343 e. The largest absolute Gasteiger partial charge is 0.343 e. The van der Waals surface area contributed by atoms with Crippen molar-refractivity contribution in [2.24, 2.45) is 0 Å². The Morgan fingerprint density at radius 2 is 0.535 bits per heavy atom. The van der Waals surface area contributed by atoms with Crippen molar-refractivity contribution in [3.05, 3.63) is 250 Å². The van der Waals surface area contributed by atoms with Gasteiger partial charge in [0.25, 0.3) is 0 Å². The summed E-state index contributed by atoms with van der Waals surface area (Å²) in [6.07, 6.45) is 9.72. The average molecular weight is 1330 g/mol. The average Bonchev–Trinajstić information content (AvgIpc) is 1.62. The van der Waals surface area contributed by atoms with Crippen LogP contribution in [0.1, 0.15) is 288 Å². The van der Waals surface area contributed by atoms with Gasteiger partial charge in [-0.2, -0.15) is 0 Å². The van der Waals surface area contributed by atoms with E-state index in [4.69, 9.17) is 0 Å². The van der Waals surface area contributed by atoms with E-state index in [0.29, 0.717) is 71.8 Å². The number of aryl methyl sites for hydroxylation is 2. The van der Waals surface area contributed by atoms with Gasteiger partial charge in [-0.25, -0.2) is 0 Å². The molecule has 99 heavy (non-hydrogen) atoms. The molecule has 534 valence electrons. The zero-order valence-corrected chi connectivity index (χ0v) is 66.6. The summed E-state index contributed by atoms with van der Waals surface area (Å²) >= 11 is 0. The zero-order valence-electron chi connectivity index (χ0n) is 66.6. The van der Waals surface area contributed by atoms with Crippen molar-refractivity contribution < 1.29 is 0 Å². The van der Waals surface area contributed by atoms with Crippen LogP contribution in [0.2, 0.25) is 0 Å². The first-order valence-electron chi connectivity index (χ1n) is 38.1. The molecule has 0 saturated carbocycles. The van der Waals surface area contributed by atoms with Gasteiger partial charge in [0, 0.05) is 124 Å². The van der Waals surface area contributed by atoms with Gasteiger partial charge < -0.3 is 29.4 Å². The van der Waals surface area contributed by atoms with Crippen LogP contribution in [0.15, 0.2) is 183 Å². The third kappa shape index (κ3) is 18.6. The minimum atomic E-state index is 0.490. The summed E-state index contributed by atoms with van der Waals surface area (Å²) in [4.78, 5) is 14.2. The lowest BCUT2D eigenvalue weighted by Crippen LogP contribution is -2.33. The first-order valence-corrected chi connectivity index (χ1v) is 38.1. The van der Waals surface area contributed by atoms with Gasteiger partial charge in [-0.05, 0) is 260 Å². The van der Waals surface area contributed by atoms with Crippen molar-refractivity contribution in [2.75, 3.05) is 29.4 Å². The molecule has 0 unspecified atom stereocenters. The van der Waals surface area contributed by atoms with Crippen molar-refractivity contribution in [3.63, 3.8) is 0 Å². The van der Waals surface area contributed by atoms with E-state index in [1.54, 1.807) is 0 Å². The Labute approximate surface area is 605 Å². The maximum absolute atomic E-state index is 4.22. The molecule has 0 aliphatic carbocycles. The molecule has 0 atom stereocenters. The Hall–Kier alpha value is -7.44. The van der Waals surface area contributed by atoms with Crippen LogP contribution in [-0.2, 0) is 38.5 Å². The van der Waals surface area contributed by atoms with Gasteiger partial charge in [-0.1, -0.05) is 195 Å². The molecule has 0 fully saturated rings. The van der Waals surface area contributed by atoms with Crippen LogP contribution in [0.25, 0.3) is 0 Å². The van der Waals surface area contributed by atoms with Gasteiger partial charge in [0.1, 0.15) is 0 Å². The molecule has 6 aliphatic rings. The Balaban J connectivity index is 0.000000167. The molecule has 0 amide bonds. The maximum Gasteiger partial charge on any atom is 0.0449 e. The number of fused-ring (bicyclic) bond motifs is 6. The number of hydrogen-bond acceptors (Lipinski definition) is 6. The molecule has 6 aromatic rings. The first-order chi connectivity index (χ1) is 46.6. The van der Waals surface area contributed by atoms with E-state index in [1.807, 2.05) is 0 Å². The molecule has 0 N–H and O–H groups in total. The summed E-state index contributed by atoms with van der Waals surface area (Å²) in [6, 6.07) is 43.8. The van der Waals surface area contributed by atoms with Crippen LogP contribution < -0.4 is 29.4 Å². The fourth-order valence-corrected chi connectivity index (χ4v) is 15.6. The van der Waals surface area contributed by atoms with Gasteiger partial charge in [0.05, 0.1) is 0 Å². The molecule has 0 spiro atoms. The fraction of sp³-hybridized carbons (Fsp3) is 0.484. The van der Waals surface area contributed by atoms with Crippen molar-refractivity contribution >= 4 is 34.1 Å². The molecular weight excluding hydrogens is 1200 g/mol. The highest BCUT2D eigenvalue weighted by Gasteiger charge is 2.31. The molecule has 0 radical (unpaired) electrons. The monoisotopic (exact) mass is 1330 g/mol. The maximum atomic E-state index is 4.22. The van der Waals surface area contributed by atoms with E-state index in [2.05, 4.69) is 344 Å². The second kappa shape index (κ2) is 34.3. The highest BCUT2D eigenvalue weighted by atomic mass is 15.2. The summed E-state index contributed by atoms with van der Waals surface area (Å²) in [7, 11) is 0. The molecule has 6 heteroatoms. The van der Waals surface area contributed by atoms with Crippen molar-refractivity contribution in [1.82, 2.24) is 0 Å². The SMILES string of the molecule is C=C1CCc2c(C(C)C)cccc2N1C(C)C.C=C1CCc2cc(C(C)C)ccc2N1C(C)C.C=C1CCc2ccc(C(C)C)cc2N1C(C)C.C=C1Cc2c(C(C)C)cccc2N1C(C)C.C=C1Cc2cc(C(C)C)ccc2N1C(C)C.C=C1Cc2ccc(C(C)C)cc2N1C(C)C. The fourth-order valence-electron chi connectivity index (χ4n) is 15.6. The molecule has 6 heterocycles. The van der Waals surface area contributed by atoms with E-state index in [9.17, 15) is 0 Å². The molecule has 6 aliphatic heterocycles. The summed E-state index contributed by atoms with van der Waals surface area (Å²) in [5.74, 6) is 3.59. The molecule has 6 nitrogen and oxygen atoms in total. The number of benzene rings is 6. The van der Waals surface area contributed by atoms with Crippen molar-refractivity contribution in [1.29, 1.82) is 0 Å². The molecule has 0 aromatic heterocycles. The minimum absolute atomic E-state index is 0.490. The van der Waals surface area contributed by atoms with Gasteiger partial charge in [-0.15, -0.1) is 0 Å². The summed E-state index contributed by atoms with van der Waals surface area (Å²) in [6.45, 7) is 79.0. The van der Waals surface area contributed by atoms with Crippen LogP contribution in [0.5, 0.6) is 0 Å². The van der Waals surface area contributed by atoms with Crippen LogP contribution in [0.3, 0.4) is 0 Å². The summed E-state index contributed by atoms with van der Waals surface area (Å²) < 4.78 is 0. The Morgan fingerprint density at radius 3 is 0.980 bits per heavy atom. The predicted molar refractivity (Wildman–Crippen MR) is 440 cm³/mol. The number of rotatable bonds is 12. The second-order valence-electron chi connectivity index (χ2n) is 32.4. The van der Waals surface area contributed by atoms with Crippen LogP contribution in [-0.4, -0.2) is 36.3 Å². The highest BCUT2D eigenvalue weighted by molar-refractivity contribution is 5.70. The highest BCUT2D eigenvalue weighted by Crippen LogP contribution is 2.43. The normalized spacial score (nSPS) is 15.4. The Bertz CT molecular complexity index is 3790. The number of nitrogens with zero attached hydrogens (tertiary/aromatic N) is 6. The van der Waals surface area contributed by atoms with Gasteiger partial charge >= 0.3 is 0 Å². The van der Waals surface area contributed by atoms with Crippen molar-refractivity contribution in [3.8, 4) is 0 Å². The summed E-state index contributed by atoms with van der Waals surface area (Å²) in [5.41, 5.74) is 33.2. The summed E-state index contributed by atoms with van der Waals surface area (Å²) in [5, 5.41) is 0. The third-order valence-electron chi connectivity index (χ3n) is 20.6. The quantitative estimate of drug-likeness (QED) is 0.121. The van der Waals surface area contributed by atoms with E-state index < -0.39 is 0 Å². The number of anilines is 6. The van der Waals surface area contributed by atoms with E-state index >= 15 is 0 Å². The van der Waals surface area contributed by atoms with Gasteiger partial charge in [0.15, 0.2) is 0 Å². The van der Waals surface area contributed by atoms with Gasteiger partial charge in [-0.3, -0.25) is 0 Å². The van der Waals surface area contributed by atoms with E-state index in [0.717, 1.165) is 57.8 Å². The molecule has 0 bridgehead atoms. The lowest BCUT2D eigenvalue weighted by atomic mass is 9.89. The third-order valence-corrected chi connectivity index (χ3v) is 20.6.